The average molecular weight is 283 g/mol. The van der Waals surface area contributed by atoms with Crippen LogP contribution in [0.5, 0.6) is 0 Å². The Balaban J connectivity index is 1.72. The number of benzene rings is 1. The van der Waals surface area contributed by atoms with Gasteiger partial charge in [-0.05, 0) is 37.1 Å². The molecule has 3 heteroatoms. The molecule has 1 saturated heterocycles. The second kappa shape index (κ2) is 6.44. The zero-order chi connectivity index (χ0) is 14.7. The highest BCUT2D eigenvalue weighted by Crippen LogP contribution is 2.17. The van der Waals surface area contributed by atoms with Gasteiger partial charge >= 0.3 is 0 Å². The van der Waals surface area contributed by atoms with Crippen molar-refractivity contribution < 1.29 is 0 Å². The molecule has 0 aliphatic carbocycles. The Morgan fingerprint density at radius 2 is 1.81 bits per heavy atom. The number of rotatable bonds is 5. The van der Waals surface area contributed by atoms with Gasteiger partial charge in [-0.3, -0.25) is 4.90 Å². The fourth-order valence-corrected chi connectivity index (χ4v) is 3.18. The molecule has 0 atom stereocenters. The minimum atomic E-state index is 0.466. The molecule has 0 spiro atoms. The minimum absolute atomic E-state index is 0.466. The van der Waals surface area contributed by atoms with E-state index in [2.05, 4.69) is 58.8 Å². The molecule has 1 aliphatic heterocycles. The molecule has 21 heavy (non-hydrogen) atoms. The number of aromatic nitrogens is 2. The van der Waals surface area contributed by atoms with E-state index in [0.717, 1.165) is 13.1 Å². The Labute approximate surface area is 127 Å². The lowest BCUT2D eigenvalue weighted by Gasteiger charge is -2.16. The zero-order valence-corrected chi connectivity index (χ0v) is 13.1. The van der Waals surface area contributed by atoms with Crippen molar-refractivity contribution in [2.75, 3.05) is 13.1 Å². The van der Waals surface area contributed by atoms with Gasteiger partial charge in [0.2, 0.25) is 0 Å². The predicted molar refractivity (Wildman–Crippen MR) is 86.4 cm³/mol. The van der Waals surface area contributed by atoms with Crippen LogP contribution < -0.4 is 0 Å². The smallest absolute Gasteiger partial charge is 0.111 e. The fourth-order valence-electron chi connectivity index (χ4n) is 3.18. The first-order valence-corrected chi connectivity index (χ1v) is 8.03. The van der Waals surface area contributed by atoms with E-state index in [9.17, 15) is 0 Å². The highest BCUT2D eigenvalue weighted by molar-refractivity contribution is 5.24. The minimum Gasteiger partial charge on any atom is -0.330 e. The van der Waals surface area contributed by atoms with Gasteiger partial charge in [0.05, 0.1) is 0 Å². The third-order valence-corrected chi connectivity index (χ3v) is 4.21. The van der Waals surface area contributed by atoms with Crippen molar-refractivity contribution in [3.8, 4) is 0 Å². The van der Waals surface area contributed by atoms with Gasteiger partial charge in [0.15, 0.2) is 0 Å². The lowest BCUT2D eigenvalue weighted by molar-refractivity contribution is 0.331. The Kier molecular flexibility index (Phi) is 4.39. The quantitative estimate of drug-likeness (QED) is 0.835. The first-order valence-electron chi connectivity index (χ1n) is 8.03. The number of hydrogen-bond acceptors (Lipinski definition) is 2. The summed E-state index contributed by atoms with van der Waals surface area (Å²) in [5.41, 5.74) is 2.80. The normalized spacial score (nSPS) is 16.0. The molecule has 112 valence electrons. The van der Waals surface area contributed by atoms with Gasteiger partial charge in [-0.25, -0.2) is 4.98 Å². The molecule has 0 bridgehead atoms. The molecule has 2 heterocycles. The second-order valence-corrected chi connectivity index (χ2v) is 6.37. The molecule has 3 nitrogen and oxygen atoms in total. The topological polar surface area (TPSA) is 21.1 Å². The van der Waals surface area contributed by atoms with Crippen molar-refractivity contribution in [1.82, 2.24) is 14.5 Å². The molecule has 0 amide bonds. The van der Waals surface area contributed by atoms with Crippen molar-refractivity contribution in [1.29, 1.82) is 0 Å². The summed E-state index contributed by atoms with van der Waals surface area (Å²) in [6.45, 7) is 8.91. The van der Waals surface area contributed by atoms with Gasteiger partial charge in [0.25, 0.3) is 0 Å². The van der Waals surface area contributed by atoms with Crippen molar-refractivity contribution in [3.63, 3.8) is 0 Å². The van der Waals surface area contributed by atoms with E-state index < -0.39 is 0 Å². The molecule has 0 radical (unpaired) electrons. The summed E-state index contributed by atoms with van der Waals surface area (Å²) in [7, 11) is 0. The highest BCUT2D eigenvalue weighted by atomic mass is 15.1. The average Bonchev–Trinajstić information content (AvgIpc) is 3.10. The first kappa shape index (κ1) is 14.3. The van der Waals surface area contributed by atoms with Crippen LogP contribution >= 0.6 is 0 Å². The number of likely N-dealkylation sites (tertiary alicyclic amines) is 1. The van der Waals surface area contributed by atoms with E-state index in [0.29, 0.717) is 5.92 Å². The second-order valence-electron chi connectivity index (χ2n) is 6.37. The molecule has 1 fully saturated rings. The number of imidazole rings is 1. The van der Waals surface area contributed by atoms with Crippen molar-refractivity contribution in [2.24, 2.45) is 0 Å². The summed E-state index contributed by atoms with van der Waals surface area (Å²) in [4.78, 5) is 7.02. The van der Waals surface area contributed by atoms with Crippen LogP contribution in [0.25, 0.3) is 0 Å². The van der Waals surface area contributed by atoms with Gasteiger partial charge in [0, 0.05) is 31.4 Å². The van der Waals surface area contributed by atoms with Gasteiger partial charge in [-0.2, -0.15) is 0 Å². The van der Waals surface area contributed by atoms with Gasteiger partial charge < -0.3 is 4.57 Å². The van der Waals surface area contributed by atoms with E-state index in [1.807, 2.05) is 6.20 Å². The van der Waals surface area contributed by atoms with E-state index in [-0.39, 0.29) is 0 Å². The Bertz CT molecular complexity index is 580. The lowest BCUT2D eigenvalue weighted by Crippen LogP contribution is -2.18. The monoisotopic (exact) mass is 283 g/mol. The summed E-state index contributed by atoms with van der Waals surface area (Å²) >= 11 is 0. The molecule has 0 unspecified atom stereocenters. The van der Waals surface area contributed by atoms with E-state index in [1.54, 1.807) is 0 Å². The third-order valence-electron chi connectivity index (χ3n) is 4.21. The van der Waals surface area contributed by atoms with Crippen LogP contribution in [0.4, 0.5) is 0 Å². The highest BCUT2D eigenvalue weighted by Gasteiger charge is 2.12. The Morgan fingerprint density at radius 3 is 2.52 bits per heavy atom. The summed E-state index contributed by atoms with van der Waals surface area (Å²) in [6.07, 6.45) is 6.70. The van der Waals surface area contributed by atoms with Crippen molar-refractivity contribution >= 4 is 0 Å². The summed E-state index contributed by atoms with van der Waals surface area (Å²) in [6, 6.07) is 9.01. The largest absolute Gasteiger partial charge is 0.330 e. The van der Waals surface area contributed by atoms with Gasteiger partial charge in [0.1, 0.15) is 5.82 Å². The van der Waals surface area contributed by atoms with Crippen LogP contribution in [0.15, 0.2) is 36.7 Å². The molecule has 0 N–H and O–H groups in total. The number of hydrogen-bond donors (Lipinski definition) is 0. The number of nitrogens with zero attached hydrogens (tertiary/aromatic N) is 3. The fraction of sp³-hybridized carbons (Fsp3) is 0.500. The molecule has 0 saturated carbocycles. The summed E-state index contributed by atoms with van der Waals surface area (Å²) in [5, 5.41) is 0. The van der Waals surface area contributed by atoms with Crippen LogP contribution in [0.3, 0.4) is 0 Å². The van der Waals surface area contributed by atoms with E-state index in [4.69, 9.17) is 0 Å². The maximum Gasteiger partial charge on any atom is 0.111 e. The van der Waals surface area contributed by atoms with E-state index >= 15 is 0 Å². The van der Waals surface area contributed by atoms with Crippen LogP contribution in [0.1, 0.15) is 49.6 Å². The first-order chi connectivity index (χ1) is 10.2. The molecule has 3 rings (SSSR count). The molecular formula is C18H25N3. The van der Waals surface area contributed by atoms with Crippen molar-refractivity contribution in [2.45, 2.75) is 45.7 Å². The Morgan fingerprint density at radius 1 is 1.10 bits per heavy atom. The third kappa shape index (κ3) is 3.53. The standard InChI is InChI=1S/C18H25N3/c1-15(2)18-19-8-11-21(18)14-17-7-5-6-16(12-17)13-20-9-3-4-10-20/h5-8,11-12,15H,3-4,9-10,13-14H2,1-2H3. The lowest BCUT2D eigenvalue weighted by atomic mass is 10.1. The molecule has 1 aromatic heterocycles. The van der Waals surface area contributed by atoms with Crippen LogP contribution in [-0.4, -0.2) is 27.5 Å². The SMILES string of the molecule is CC(C)c1nccn1Cc1cccc(CN2CCCC2)c1. The van der Waals surface area contributed by atoms with Gasteiger partial charge in [-0.15, -0.1) is 0 Å². The molecular weight excluding hydrogens is 258 g/mol. The Hall–Kier alpha value is -1.61. The summed E-state index contributed by atoms with van der Waals surface area (Å²) < 4.78 is 2.26. The van der Waals surface area contributed by atoms with Crippen LogP contribution in [0, 0.1) is 0 Å². The van der Waals surface area contributed by atoms with E-state index in [1.165, 1.54) is 42.9 Å². The zero-order valence-electron chi connectivity index (χ0n) is 13.1. The molecule has 1 aromatic carbocycles. The molecule has 1 aliphatic rings. The van der Waals surface area contributed by atoms with Crippen LogP contribution in [-0.2, 0) is 13.1 Å². The maximum atomic E-state index is 4.47. The summed E-state index contributed by atoms with van der Waals surface area (Å²) in [5.74, 6) is 1.63. The van der Waals surface area contributed by atoms with Crippen LogP contribution in [0.2, 0.25) is 0 Å². The predicted octanol–water partition coefficient (Wildman–Crippen LogP) is 3.65. The maximum absolute atomic E-state index is 4.47. The van der Waals surface area contributed by atoms with Gasteiger partial charge in [-0.1, -0.05) is 38.1 Å². The molecule has 2 aromatic rings. The van der Waals surface area contributed by atoms with Crippen molar-refractivity contribution in [3.05, 3.63) is 53.6 Å².